The van der Waals surface area contributed by atoms with E-state index in [-0.39, 0.29) is 6.42 Å². The van der Waals surface area contributed by atoms with Gasteiger partial charge >= 0.3 is 5.97 Å². The Morgan fingerprint density at radius 2 is 2.33 bits per heavy atom. The van der Waals surface area contributed by atoms with Gasteiger partial charge in [0, 0.05) is 24.7 Å². The zero-order chi connectivity index (χ0) is 13.1. The summed E-state index contributed by atoms with van der Waals surface area (Å²) in [7, 11) is 0. The number of anilines is 2. The molecule has 18 heavy (non-hydrogen) atoms. The highest BCUT2D eigenvalue weighted by atomic mass is 35.5. The first-order valence-corrected chi connectivity index (χ1v) is 6.47. The lowest BCUT2D eigenvalue weighted by molar-refractivity contribution is -0.136. The van der Waals surface area contributed by atoms with Crippen LogP contribution in [0.4, 0.5) is 11.4 Å². The van der Waals surface area contributed by atoms with Gasteiger partial charge < -0.3 is 15.3 Å². The number of nitrogens with one attached hydrogen (secondary N) is 1. The highest BCUT2D eigenvalue weighted by Crippen LogP contribution is 2.36. The zero-order valence-electron chi connectivity index (χ0n) is 10.4. The minimum Gasteiger partial charge on any atom is -0.481 e. The van der Waals surface area contributed by atoms with Crippen molar-refractivity contribution in [2.24, 2.45) is 0 Å². The van der Waals surface area contributed by atoms with Crippen molar-refractivity contribution in [3.8, 4) is 0 Å². The summed E-state index contributed by atoms with van der Waals surface area (Å²) in [6.07, 6.45) is 1.14. The molecule has 0 bridgehead atoms. The normalized spacial score (nSPS) is 14.7. The number of fused-ring (bicyclic) bond motifs is 1. The lowest BCUT2D eigenvalue weighted by Crippen LogP contribution is -2.27. The van der Waals surface area contributed by atoms with E-state index in [0.29, 0.717) is 6.54 Å². The molecular formula is C13H17ClN2O2. The van der Waals surface area contributed by atoms with Gasteiger partial charge in [-0.15, -0.1) is 0 Å². The smallest absolute Gasteiger partial charge is 0.305 e. The molecule has 98 valence electrons. The molecule has 0 saturated carbocycles. The molecule has 0 radical (unpaired) electrons. The molecule has 0 amide bonds. The Morgan fingerprint density at radius 1 is 1.56 bits per heavy atom. The summed E-state index contributed by atoms with van der Waals surface area (Å²) in [5.74, 6) is -0.770. The molecule has 2 N–H and O–H groups in total. The molecule has 1 aliphatic rings. The fourth-order valence-electron chi connectivity index (χ4n) is 2.28. The number of carbonyl (C=O) groups is 1. The van der Waals surface area contributed by atoms with Gasteiger partial charge in [-0.1, -0.05) is 11.6 Å². The van der Waals surface area contributed by atoms with Crippen LogP contribution in [0.25, 0.3) is 0 Å². The van der Waals surface area contributed by atoms with Crippen molar-refractivity contribution in [2.75, 3.05) is 29.9 Å². The van der Waals surface area contributed by atoms with Gasteiger partial charge in [0.25, 0.3) is 0 Å². The van der Waals surface area contributed by atoms with Crippen LogP contribution < -0.4 is 10.2 Å². The second-order valence-corrected chi connectivity index (χ2v) is 4.89. The van der Waals surface area contributed by atoms with Crippen LogP contribution in [0, 0.1) is 6.92 Å². The molecule has 0 aliphatic carbocycles. The third-order valence-corrected chi connectivity index (χ3v) is 3.61. The molecule has 0 unspecified atom stereocenters. The van der Waals surface area contributed by atoms with Crippen LogP contribution in [0.2, 0.25) is 5.02 Å². The summed E-state index contributed by atoms with van der Waals surface area (Å²) < 4.78 is 0. The number of hydrogen-bond acceptors (Lipinski definition) is 3. The van der Waals surface area contributed by atoms with E-state index in [9.17, 15) is 4.79 Å². The van der Waals surface area contributed by atoms with E-state index in [1.165, 1.54) is 0 Å². The Labute approximate surface area is 112 Å². The molecule has 1 aromatic rings. The largest absolute Gasteiger partial charge is 0.481 e. The molecule has 0 spiro atoms. The SMILES string of the molecule is Cc1c(Cl)ccc2c1N(CCC(=O)O)CCCN2. The second-order valence-electron chi connectivity index (χ2n) is 4.48. The van der Waals surface area contributed by atoms with Gasteiger partial charge in [-0.05, 0) is 31.0 Å². The Kier molecular flexibility index (Phi) is 3.97. The van der Waals surface area contributed by atoms with Crippen LogP contribution in [0.1, 0.15) is 18.4 Å². The van der Waals surface area contributed by atoms with Gasteiger partial charge in [0.05, 0.1) is 17.8 Å². The predicted octanol–water partition coefficient (Wildman–Crippen LogP) is 2.75. The van der Waals surface area contributed by atoms with Gasteiger partial charge in [-0.25, -0.2) is 0 Å². The maximum Gasteiger partial charge on any atom is 0.305 e. The molecule has 4 nitrogen and oxygen atoms in total. The molecular weight excluding hydrogens is 252 g/mol. The number of carboxylic acids is 1. The second kappa shape index (κ2) is 5.48. The zero-order valence-corrected chi connectivity index (χ0v) is 11.1. The summed E-state index contributed by atoms with van der Waals surface area (Å²) in [6, 6.07) is 3.84. The standard InChI is InChI=1S/C13H17ClN2O2/c1-9-10(14)3-4-11-13(9)16(7-2-6-15-11)8-5-12(17)18/h3-4,15H,2,5-8H2,1H3,(H,17,18). The number of benzene rings is 1. The van der Waals surface area contributed by atoms with Crippen molar-refractivity contribution in [2.45, 2.75) is 19.8 Å². The number of carboxylic acid groups (broad SMARTS) is 1. The number of hydrogen-bond donors (Lipinski definition) is 2. The monoisotopic (exact) mass is 268 g/mol. The summed E-state index contributed by atoms with van der Waals surface area (Å²) in [5.41, 5.74) is 3.09. The minimum absolute atomic E-state index is 0.144. The van der Waals surface area contributed by atoms with Crippen molar-refractivity contribution < 1.29 is 9.90 Å². The molecule has 1 aromatic carbocycles. The summed E-state index contributed by atoms with van der Waals surface area (Å²) >= 11 is 6.16. The van der Waals surface area contributed by atoms with Crippen LogP contribution in [-0.4, -0.2) is 30.7 Å². The molecule has 0 aromatic heterocycles. The molecule has 0 atom stereocenters. The minimum atomic E-state index is -0.770. The van der Waals surface area contributed by atoms with Crippen molar-refractivity contribution in [3.63, 3.8) is 0 Å². The molecule has 1 aliphatic heterocycles. The Morgan fingerprint density at radius 3 is 3.06 bits per heavy atom. The lowest BCUT2D eigenvalue weighted by atomic mass is 10.1. The van der Waals surface area contributed by atoms with Crippen molar-refractivity contribution in [1.29, 1.82) is 0 Å². The summed E-state index contributed by atoms with van der Waals surface area (Å²) in [6.45, 7) is 4.25. The van der Waals surface area contributed by atoms with E-state index >= 15 is 0 Å². The van der Waals surface area contributed by atoms with Crippen molar-refractivity contribution >= 4 is 28.9 Å². The Balaban J connectivity index is 2.33. The maximum atomic E-state index is 10.7. The van der Waals surface area contributed by atoms with E-state index in [0.717, 1.165) is 41.5 Å². The first-order chi connectivity index (χ1) is 8.59. The van der Waals surface area contributed by atoms with Crippen LogP contribution >= 0.6 is 11.6 Å². The van der Waals surface area contributed by atoms with E-state index < -0.39 is 5.97 Å². The van der Waals surface area contributed by atoms with E-state index in [1.54, 1.807) is 0 Å². The number of rotatable bonds is 3. The lowest BCUT2D eigenvalue weighted by Gasteiger charge is -2.26. The maximum absolute atomic E-state index is 10.7. The van der Waals surface area contributed by atoms with Gasteiger partial charge in [0.1, 0.15) is 0 Å². The molecule has 0 saturated heterocycles. The van der Waals surface area contributed by atoms with Crippen LogP contribution in [0.3, 0.4) is 0 Å². The molecule has 2 rings (SSSR count). The Hall–Kier alpha value is -1.42. The number of aliphatic carboxylic acids is 1. The van der Waals surface area contributed by atoms with Gasteiger partial charge in [-0.2, -0.15) is 0 Å². The summed E-state index contributed by atoms with van der Waals surface area (Å²) in [5, 5.41) is 12.9. The molecule has 5 heteroatoms. The van der Waals surface area contributed by atoms with Crippen molar-refractivity contribution in [1.82, 2.24) is 0 Å². The quantitative estimate of drug-likeness (QED) is 0.885. The van der Waals surface area contributed by atoms with Crippen LogP contribution in [-0.2, 0) is 4.79 Å². The average Bonchev–Trinajstić information content (AvgIpc) is 2.54. The number of nitrogens with zero attached hydrogens (tertiary/aromatic N) is 1. The first-order valence-electron chi connectivity index (χ1n) is 6.09. The van der Waals surface area contributed by atoms with Gasteiger partial charge in [-0.3, -0.25) is 4.79 Å². The van der Waals surface area contributed by atoms with Gasteiger partial charge in [0.15, 0.2) is 0 Å². The van der Waals surface area contributed by atoms with E-state index in [2.05, 4.69) is 10.2 Å². The third kappa shape index (κ3) is 2.70. The highest BCUT2D eigenvalue weighted by molar-refractivity contribution is 6.32. The molecule has 0 fully saturated rings. The number of halogens is 1. The molecule has 1 heterocycles. The topological polar surface area (TPSA) is 52.6 Å². The van der Waals surface area contributed by atoms with E-state index in [1.807, 2.05) is 19.1 Å². The predicted molar refractivity (Wildman–Crippen MR) is 73.8 cm³/mol. The van der Waals surface area contributed by atoms with E-state index in [4.69, 9.17) is 16.7 Å². The average molecular weight is 269 g/mol. The third-order valence-electron chi connectivity index (χ3n) is 3.20. The van der Waals surface area contributed by atoms with Crippen LogP contribution in [0.15, 0.2) is 12.1 Å². The van der Waals surface area contributed by atoms with Gasteiger partial charge in [0.2, 0.25) is 0 Å². The fourth-order valence-corrected chi connectivity index (χ4v) is 2.44. The first kappa shape index (κ1) is 13.0. The fraction of sp³-hybridized carbons (Fsp3) is 0.462. The Bertz CT molecular complexity index is 463. The van der Waals surface area contributed by atoms with Crippen LogP contribution in [0.5, 0.6) is 0 Å². The van der Waals surface area contributed by atoms with Crippen molar-refractivity contribution in [3.05, 3.63) is 22.7 Å². The summed E-state index contributed by atoms with van der Waals surface area (Å²) in [4.78, 5) is 12.8. The highest BCUT2D eigenvalue weighted by Gasteiger charge is 2.19.